The van der Waals surface area contributed by atoms with Gasteiger partial charge in [-0.1, -0.05) is 18.2 Å². The highest BCUT2D eigenvalue weighted by molar-refractivity contribution is 5.95. The van der Waals surface area contributed by atoms with Crippen LogP contribution in [-0.2, 0) is 32.0 Å². The third kappa shape index (κ3) is 5.83. The molecule has 158 valence electrons. The first-order chi connectivity index (χ1) is 14.4. The first kappa shape index (κ1) is 21.4. The van der Waals surface area contributed by atoms with E-state index >= 15 is 0 Å². The fraction of sp³-hybridized carbons (Fsp3) is 0.348. The highest BCUT2D eigenvalue weighted by Crippen LogP contribution is 2.26. The molecule has 2 aromatic carbocycles. The summed E-state index contributed by atoms with van der Waals surface area (Å²) in [5, 5.41) is 5.17. The molecule has 0 bridgehead atoms. The van der Waals surface area contributed by atoms with Gasteiger partial charge in [0.05, 0.1) is 6.54 Å². The number of nitrogens with one attached hydrogen (secondary N) is 2. The van der Waals surface area contributed by atoms with E-state index in [0.717, 1.165) is 30.4 Å². The van der Waals surface area contributed by atoms with Gasteiger partial charge in [-0.3, -0.25) is 9.59 Å². The molecule has 0 atom stereocenters. The minimum atomic E-state index is -0.648. The molecule has 2 N–H and O–H groups in total. The van der Waals surface area contributed by atoms with E-state index in [-0.39, 0.29) is 19.1 Å². The Morgan fingerprint density at radius 3 is 2.60 bits per heavy atom. The zero-order valence-electron chi connectivity index (χ0n) is 17.2. The van der Waals surface area contributed by atoms with Gasteiger partial charge in [0.15, 0.2) is 13.2 Å². The van der Waals surface area contributed by atoms with Crippen LogP contribution in [0.15, 0.2) is 36.4 Å². The third-order valence-corrected chi connectivity index (χ3v) is 5.12. The van der Waals surface area contributed by atoms with Gasteiger partial charge >= 0.3 is 5.97 Å². The maximum atomic E-state index is 12.0. The van der Waals surface area contributed by atoms with Gasteiger partial charge in [0, 0.05) is 5.69 Å². The van der Waals surface area contributed by atoms with Crippen LogP contribution >= 0.6 is 0 Å². The second-order valence-corrected chi connectivity index (χ2v) is 7.31. The molecule has 0 heterocycles. The molecule has 0 spiro atoms. The first-order valence-electron chi connectivity index (χ1n) is 9.95. The Labute approximate surface area is 175 Å². The van der Waals surface area contributed by atoms with Crippen LogP contribution < -0.4 is 15.4 Å². The average Bonchev–Trinajstić information content (AvgIpc) is 3.20. The number of carbonyl (C=O) groups is 3. The van der Waals surface area contributed by atoms with Crippen molar-refractivity contribution in [2.24, 2.45) is 0 Å². The molecule has 0 radical (unpaired) electrons. The van der Waals surface area contributed by atoms with E-state index < -0.39 is 18.5 Å². The molecule has 0 aliphatic heterocycles. The molecule has 3 rings (SSSR count). The summed E-state index contributed by atoms with van der Waals surface area (Å²) < 4.78 is 10.3. The molecule has 0 aromatic heterocycles. The molecule has 1 aliphatic carbocycles. The number of hydrogen-bond donors (Lipinski definition) is 2. The monoisotopic (exact) mass is 410 g/mol. The van der Waals surface area contributed by atoms with Crippen LogP contribution in [-0.4, -0.2) is 37.5 Å². The Kier molecular flexibility index (Phi) is 7.06. The molecular formula is C23H26N2O5. The van der Waals surface area contributed by atoms with Crippen molar-refractivity contribution in [2.75, 3.05) is 25.1 Å². The van der Waals surface area contributed by atoms with Crippen LogP contribution in [0, 0.1) is 13.8 Å². The summed E-state index contributed by atoms with van der Waals surface area (Å²) >= 11 is 0. The summed E-state index contributed by atoms with van der Waals surface area (Å²) in [5.41, 5.74) is 5.30. The van der Waals surface area contributed by atoms with Crippen molar-refractivity contribution in [3.05, 3.63) is 58.7 Å². The SMILES string of the molecule is Cc1cccc(NC(=O)CNC(=O)COC(=O)COc2ccc3c(c2)CCC3)c1C. The van der Waals surface area contributed by atoms with Gasteiger partial charge in [-0.15, -0.1) is 0 Å². The van der Waals surface area contributed by atoms with Gasteiger partial charge < -0.3 is 20.1 Å². The Bertz CT molecular complexity index is 955. The number of fused-ring (bicyclic) bond motifs is 1. The van der Waals surface area contributed by atoms with E-state index in [2.05, 4.69) is 10.6 Å². The lowest BCUT2D eigenvalue weighted by molar-refractivity contribution is -0.150. The van der Waals surface area contributed by atoms with E-state index in [1.807, 2.05) is 44.2 Å². The smallest absolute Gasteiger partial charge is 0.344 e. The van der Waals surface area contributed by atoms with Crippen molar-refractivity contribution in [3.8, 4) is 5.75 Å². The molecule has 1 aliphatic rings. The van der Waals surface area contributed by atoms with Crippen molar-refractivity contribution in [1.82, 2.24) is 5.32 Å². The van der Waals surface area contributed by atoms with E-state index in [9.17, 15) is 14.4 Å². The highest BCUT2D eigenvalue weighted by atomic mass is 16.6. The summed E-state index contributed by atoms with van der Waals surface area (Å²) in [6.07, 6.45) is 3.24. The van der Waals surface area contributed by atoms with Crippen LogP contribution in [0.3, 0.4) is 0 Å². The molecule has 7 nitrogen and oxygen atoms in total. The molecule has 7 heteroatoms. The number of benzene rings is 2. The zero-order valence-corrected chi connectivity index (χ0v) is 17.2. The summed E-state index contributed by atoms with van der Waals surface area (Å²) in [5.74, 6) is -0.953. The van der Waals surface area contributed by atoms with E-state index in [1.165, 1.54) is 11.1 Å². The van der Waals surface area contributed by atoms with Crippen LogP contribution in [0.2, 0.25) is 0 Å². The minimum absolute atomic E-state index is 0.213. The third-order valence-electron chi connectivity index (χ3n) is 5.12. The van der Waals surface area contributed by atoms with Crippen molar-refractivity contribution in [1.29, 1.82) is 0 Å². The van der Waals surface area contributed by atoms with Gasteiger partial charge in [-0.05, 0) is 73.6 Å². The van der Waals surface area contributed by atoms with Crippen LogP contribution in [0.25, 0.3) is 0 Å². The number of esters is 1. The zero-order chi connectivity index (χ0) is 21.5. The fourth-order valence-corrected chi connectivity index (χ4v) is 3.28. The number of carbonyl (C=O) groups excluding carboxylic acids is 3. The summed E-state index contributed by atoms with van der Waals surface area (Å²) in [7, 11) is 0. The van der Waals surface area contributed by atoms with E-state index in [4.69, 9.17) is 9.47 Å². The molecule has 2 aromatic rings. The molecule has 0 saturated heterocycles. The predicted octanol–water partition coefficient (Wildman–Crippen LogP) is 2.47. The normalized spacial score (nSPS) is 12.1. The van der Waals surface area contributed by atoms with Crippen LogP contribution in [0.4, 0.5) is 5.69 Å². The molecule has 0 saturated carbocycles. The molecule has 30 heavy (non-hydrogen) atoms. The van der Waals surface area contributed by atoms with E-state index in [0.29, 0.717) is 11.4 Å². The average molecular weight is 410 g/mol. The van der Waals surface area contributed by atoms with Gasteiger partial charge in [0.2, 0.25) is 5.91 Å². The molecule has 2 amide bonds. The van der Waals surface area contributed by atoms with Crippen molar-refractivity contribution in [3.63, 3.8) is 0 Å². The molecule has 0 fully saturated rings. The predicted molar refractivity (Wildman–Crippen MR) is 112 cm³/mol. The van der Waals surface area contributed by atoms with E-state index in [1.54, 1.807) is 6.07 Å². The first-order valence-corrected chi connectivity index (χ1v) is 9.95. The number of rotatable bonds is 8. The molecular weight excluding hydrogens is 384 g/mol. The number of ether oxygens (including phenoxy) is 2. The summed E-state index contributed by atoms with van der Waals surface area (Å²) in [6, 6.07) is 11.4. The largest absolute Gasteiger partial charge is 0.482 e. The van der Waals surface area contributed by atoms with Gasteiger partial charge in [-0.2, -0.15) is 0 Å². The minimum Gasteiger partial charge on any atom is -0.482 e. The van der Waals surface area contributed by atoms with Crippen LogP contribution in [0.5, 0.6) is 5.75 Å². The topological polar surface area (TPSA) is 93.7 Å². The quantitative estimate of drug-likeness (QED) is 0.652. The summed E-state index contributed by atoms with van der Waals surface area (Å²) in [6.45, 7) is 2.90. The maximum absolute atomic E-state index is 12.0. The van der Waals surface area contributed by atoms with Gasteiger partial charge in [0.25, 0.3) is 5.91 Å². The lowest BCUT2D eigenvalue weighted by Crippen LogP contribution is -2.36. The Morgan fingerprint density at radius 2 is 1.77 bits per heavy atom. The number of aryl methyl sites for hydroxylation is 3. The lowest BCUT2D eigenvalue weighted by atomic mass is 10.1. The van der Waals surface area contributed by atoms with Crippen LogP contribution in [0.1, 0.15) is 28.7 Å². The number of amides is 2. The Hall–Kier alpha value is -3.35. The standard InChI is InChI=1S/C23H26N2O5/c1-15-5-3-8-20(16(15)2)25-21(26)12-24-22(27)13-30-23(28)14-29-19-10-9-17-6-4-7-18(17)11-19/h3,5,8-11H,4,6-7,12-14H2,1-2H3,(H,24,27)(H,25,26). The number of hydrogen-bond acceptors (Lipinski definition) is 5. The second kappa shape index (κ2) is 9.91. The van der Waals surface area contributed by atoms with Crippen molar-refractivity contribution in [2.45, 2.75) is 33.1 Å². The number of anilines is 1. The van der Waals surface area contributed by atoms with Gasteiger partial charge in [-0.25, -0.2) is 4.79 Å². The summed E-state index contributed by atoms with van der Waals surface area (Å²) in [4.78, 5) is 35.6. The van der Waals surface area contributed by atoms with Crippen molar-refractivity contribution < 1.29 is 23.9 Å². The lowest BCUT2D eigenvalue weighted by Gasteiger charge is -2.11. The second-order valence-electron chi connectivity index (χ2n) is 7.31. The van der Waals surface area contributed by atoms with Gasteiger partial charge in [0.1, 0.15) is 5.75 Å². The Morgan fingerprint density at radius 1 is 0.967 bits per heavy atom. The maximum Gasteiger partial charge on any atom is 0.344 e. The fourth-order valence-electron chi connectivity index (χ4n) is 3.28. The Balaban J connectivity index is 1.34. The molecule has 0 unspecified atom stereocenters. The van der Waals surface area contributed by atoms with Crippen molar-refractivity contribution >= 4 is 23.5 Å². The highest BCUT2D eigenvalue weighted by Gasteiger charge is 2.13.